The quantitative estimate of drug-likeness (QED) is 0.688. The second-order valence-electron chi connectivity index (χ2n) is 6.54. The van der Waals surface area contributed by atoms with E-state index in [9.17, 15) is 4.79 Å². The van der Waals surface area contributed by atoms with E-state index in [1.165, 1.54) is 0 Å². The molecule has 5 nitrogen and oxygen atoms in total. The second kappa shape index (κ2) is 8.37. The van der Waals surface area contributed by atoms with Crippen molar-refractivity contribution in [3.63, 3.8) is 0 Å². The van der Waals surface area contributed by atoms with E-state index in [4.69, 9.17) is 16.1 Å². The lowest BCUT2D eigenvalue weighted by molar-refractivity contribution is 0.0941. The highest BCUT2D eigenvalue weighted by Crippen LogP contribution is 2.27. The standard InChI is InChI=1S/C21H22ClN3O2/c1-14-19(20(24-27-14)15-9-5-4-6-10-15)21(26)23-13-18(25(2)3)16-11-7-8-12-17(16)22/h4-12,18H,13H2,1-3H3,(H,23,26). The zero-order valence-corrected chi connectivity index (χ0v) is 16.3. The van der Waals surface area contributed by atoms with Gasteiger partial charge in [-0.2, -0.15) is 0 Å². The molecule has 0 fully saturated rings. The lowest BCUT2D eigenvalue weighted by Crippen LogP contribution is -2.35. The van der Waals surface area contributed by atoms with Crippen LogP contribution in [0.1, 0.15) is 27.7 Å². The molecule has 27 heavy (non-hydrogen) atoms. The maximum absolute atomic E-state index is 12.9. The summed E-state index contributed by atoms with van der Waals surface area (Å²) < 4.78 is 5.29. The van der Waals surface area contributed by atoms with Crippen molar-refractivity contribution in [3.8, 4) is 11.3 Å². The Labute approximate surface area is 163 Å². The molecule has 1 heterocycles. The first-order valence-corrected chi connectivity index (χ1v) is 9.07. The molecule has 0 aliphatic heterocycles. The minimum absolute atomic E-state index is 0.0528. The number of hydrogen-bond acceptors (Lipinski definition) is 4. The number of benzene rings is 2. The smallest absolute Gasteiger partial charge is 0.257 e. The van der Waals surface area contributed by atoms with Crippen molar-refractivity contribution >= 4 is 17.5 Å². The summed E-state index contributed by atoms with van der Waals surface area (Å²) in [5.74, 6) is 0.275. The first kappa shape index (κ1) is 19.1. The van der Waals surface area contributed by atoms with E-state index in [2.05, 4.69) is 10.5 Å². The predicted octanol–water partition coefficient (Wildman–Crippen LogP) is 4.34. The molecule has 140 valence electrons. The van der Waals surface area contributed by atoms with Gasteiger partial charge in [-0.25, -0.2) is 0 Å². The Morgan fingerprint density at radius 2 is 1.81 bits per heavy atom. The third-order valence-corrected chi connectivity index (χ3v) is 4.82. The van der Waals surface area contributed by atoms with Crippen LogP contribution in [0, 0.1) is 6.92 Å². The van der Waals surface area contributed by atoms with Crippen LogP contribution in [0.15, 0.2) is 59.1 Å². The third-order valence-electron chi connectivity index (χ3n) is 4.48. The Bertz CT molecular complexity index is 922. The number of hydrogen-bond donors (Lipinski definition) is 1. The molecule has 3 aromatic rings. The molecule has 1 atom stereocenters. The summed E-state index contributed by atoms with van der Waals surface area (Å²) >= 11 is 6.34. The van der Waals surface area contributed by atoms with Crippen LogP contribution in [0.25, 0.3) is 11.3 Å². The fourth-order valence-electron chi connectivity index (χ4n) is 3.03. The molecule has 0 bridgehead atoms. The van der Waals surface area contributed by atoms with E-state index in [1.807, 2.05) is 73.6 Å². The van der Waals surface area contributed by atoms with Crippen molar-refractivity contribution < 1.29 is 9.32 Å². The van der Waals surface area contributed by atoms with Crippen molar-refractivity contribution in [2.45, 2.75) is 13.0 Å². The number of likely N-dealkylation sites (N-methyl/N-ethyl adjacent to an activating group) is 1. The van der Waals surface area contributed by atoms with E-state index in [0.29, 0.717) is 28.6 Å². The van der Waals surface area contributed by atoms with Gasteiger partial charge in [-0.15, -0.1) is 0 Å². The average molecular weight is 384 g/mol. The lowest BCUT2D eigenvalue weighted by atomic mass is 10.0. The molecule has 3 rings (SSSR count). The summed E-state index contributed by atoms with van der Waals surface area (Å²) in [5.41, 5.74) is 2.81. The van der Waals surface area contributed by atoms with Gasteiger partial charge in [0.05, 0.1) is 6.04 Å². The number of amides is 1. The normalized spacial score (nSPS) is 12.2. The highest BCUT2D eigenvalue weighted by Gasteiger charge is 2.23. The van der Waals surface area contributed by atoms with E-state index in [1.54, 1.807) is 6.92 Å². The maximum Gasteiger partial charge on any atom is 0.257 e. The van der Waals surface area contributed by atoms with E-state index < -0.39 is 0 Å². The van der Waals surface area contributed by atoms with Crippen LogP contribution in [0.4, 0.5) is 0 Å². The Hall–Kier alpha value is -2.63. The van der Waals surface area contributed by atoms with Crippen molar-refractivity contribution in [1.29, 1.82) is 0 Å². The number of carbonyl (C=O) groups is 1. The van der Waals surface area contributed by atoms with Crippen LogP contribution < -0.4 is 5.32 Å². The molecule has 1 aromatic heterocycles. The molecule has 0 spiro atoms. The monoisotopic (exact) mass is 383 g/mol. The number of aryl methyl sites for hydroxylation is 1. The van der Waals surface area contributed by atoms with Crippen molar-refractivity contribution in [2.24, 2.45) is 0 Å². The van der Waals surface area contributed by atoms with Crippen LogP contribution in [0.5, 0.6) is 0 Å². The summed E-state index contributed by atoms with van der Waals surface area (Å²) in [6.07, 6.45) is 0. The molecule has 1 amide bonds. The van der Waals surface area contributed by atoms with Crippen LogP contribution in [-0.2, 0) is 0 Å². The molecule has 0 aliphatic carbocycles. The predicted molar refractivity (Wildman–Crippen MR) is 107 cm³/mol. The molecule has 1 unspecified atom stereocenters. The second-order valence-corrected chi connectivity index (χ2v) is 6.95. The summed E-state index contributed by atoms with van der Waals surface area (Å²) in [6, 6.07) is 17.1. The van der Waals surface area contributed by atoms with Crippen molar-refractivity contribution in [1.82, 2.24) is 15.4 Å². The Balaban J connectivity index is 1.82. The average Bonchev–Trinajstić information content (AvgIpc) is 3.05. The summed E-state index contributed by atoms with van der Waals surface area (Å²) in [6.45, 7) is 2.15. The van der Waals surface area contributed by atoms with Gasteiger partial charge in [-0.05, 0) is 32.6 Å². The number of nitrogens with zero attached hydrogens (tertiary/aromatic N) is 2. The van der Waals surface area contributed by atoms with Crippen molar-refractivity contribution in [3.05, 3.63) is 76.5 Å². The zero-order chi connectivity index (χ0) is 19.4. The minimum atomic E-state index is -0.216. The number of nitrogens with one attached hydrogen (secondary N) is 1. The van der Waals surface area contributed by atoms with Gasteiger partial charge in [0.2, 0.25) is 0 Å². The molecule has 0 radical (unpaired) electrons. The van der Waals surface area contributed by atoms with Crippen molar-refractivity contribution in [2.75, 3.05) is 20.6 Å². The molecular weight excluding hydrogens is 362 g/mol. The van der Waals surface area contributed by atoms with Gasteiger partial charge in [0, 0.05) is 17.1 Å². The van der Waals surface area contributed by atoms with Gasteiger partial charge in [0.25, 0.3) is 5.91 Å². The first-order chi connectivity index (χ1) is 13.0. The lowest BCUT2D eigenvalue weighted by Gasteiger charge is -2.26. The highest BCUT2D eigenvalue weighted by molar-refractivity contribution is 6.31. The van der Waals surface area contributed by atoms with Gasteiger partial charge in [-0.3, -0.25) is 4.79 Å². The summed E-state index contributed by atoms with van der Waals surface area (Å²) in [4.78, 5) is 14.9. The van der Waals surface area contributed by atoms with Gasteiger partial charge in [0.1, 0.15) is 17.0 Å². The van der Waals surface area contributed by atoms with Gasteiger partial charge >= 0.3 is 0 Å². The Kier molecular flexibility index (Phi) is 5.94. The molecule has 1 N–H and O–H groups in total. The molecule has 6 heteroatoms. The zero-order valence-electron chi connectivity index (χ0n) is 15.6. The fraction of sp³-hybridized carbons (Fsp3) is 0.238. The molecule has 2 aromatic carbocycles. The van der Waals surface area contributed by atoms with Gasteiger partial charge < -0.3 is 14.7 Å². The molecule has 0 saturated carbocycles. The van der Waals surface area contributed by atoms with Crippen LogP contribution >= 0.6 is 11.6 Å². The Morgan fingerprint density at radius 1 is 1.15 bits per heavy atom. The minimum Gasteiger partial charge on any atom is -0.360 e. The Morgan fingerprint density at radius 3 is 2.48 bits per heavy atom. The van der Waals surface area contributed by atoms with Crippen LogP contribution in [0.3, 0.4) is 0 Å². The number of rotatable bonds is 6. The van der Waals surface area contributed by atoms with Crippen LogP contribution in [0.2, 0.25) is 5.02 Å². The highest BCUT2D eigenvalue weighted by atomic mass is 35.5. The molecule has 0 aliphatic rings. The fourth-order valence-corrected chi connectivity index (χ4v) is 3.29. The van der Waals surface area contributed by atoms with Crippen LogP contribution in [-0.4, -0.2) is 36.6 Å². The van der Waals surface area contributed by atoms with E-state index in [-0.39, 0.29) is 11.9 Å². The SMILES string of the molecule is Cc1onc(-c2ccccc2)c1C(=O)NCC(c1ccccc1Cl)N(C)C. The number of halogens is 1. The number of carbonyl (C=O) groups excluding carboxylic acids is 1. The third kappa shape index (κ3) is 4.21. The first-order valence-electron chi connectivity index (χ1n) is 8.69. The topological polar surface area (TPSA) is 58.4 Å². The van der Waals surface area contributed by atoms with Gasteiger partial charge in [0.15, 0.2) is 0 Å². The largest absolute Gasteiger partial charge is 0.360 e. The summed E-state index contributed by atoms with van der Waals surface area (Å²) in [5, 5.41) is 7.76. The van der Waals surface area contributed by atoms with E-state index >= 15 is 0 Å². The molecule has 0 saturated heterocycles. The number of aromatic nitrogens is 1. The summed E-state index contributed by atoms with van der Waals surface area (Å²) in [7, 11) is 3.92. The van der Waals surface area contributed by atoms with E-state index in [0.717, 1.165) is 11.1 Å². The molecular formula is C21H22ClN3O2. The van der Waals surface area contributed by atoms with Gasteiger partial charge in [-0.1, -0.05) is 65.3 Å². The maximum atomic E-state index is 12.9.